The van der Waals surface area contributed by atoms with Gasteiger partial charge in [0.15, 0.2) is 0 Å². The first-order chi connectivity index (χ1) is 10.2. The normalized spacial score (nSPS) is 19.1. The van der Waals surface area contributed by atoms with Gasteiger partial charge in [-0.25, -0.2) is 0 Å². The second-order valence-electron chi connectivity index (χ2n) is 5.59. The highest BCUT2D eigenvalue weighted by Gasteiger charge is 2.21. The summed E-state index contributed by atoms with van der Waals surface area (Å²) in [7, 11) is 0. The van der Waals surface area contributed by atoms with Gasteiger partial charge < -0.3 is 15.7 Å². The number of hydrogen-bond acceptors (Lipinski definition) is 4. The van der Waals surface area contributed by atoms with Gasteiger partial charge in [-0.2, -0.15) is 0 Å². The van der Waals surface area contributed by atoms with E-state index in [1.54, 1.807) is 0 Å². The van der Waals surface area contributed by atoms with Gasteiger partial charge in [-0.15, -0.1) is 0 Å². The summed E-state index contributed by atoms with van der Waals surface area (Å²) in [5.74, 6) is 0.116. The minimum Gasteiger partial charge on any atom is -0.395 e. The highest BCUT2D eigenvalue weighted by Crippen LogP contribution is 2.18. The number of hydrogen-bond donors (Lipinski definition) is 2. The van der Waals surface area contributed by atoms with Crippen molar-refractivity contribution in [3.05, 3.63) is 35.9 Å². The Hall–Kier alpha value is -1.01. The van der Waals surface area contributed by atoms with Crippen molar-refractivity contribution in [2.24, 2.45) is 5.73 Å². The van der Waals surface area contributed by atoms with Crippen LogP contribution in [0.1, 0.15) is 17.9 Å². The molecule has 1 aromatic carbocycles. The minimum atomic E-state index is 0.116. The van der Waals surface area contributed by atoms with E-state index in [2.05, 4.69) is 21.9 Å². The molecule has 0 amide bonds. The monoisotopic (exact) mass is 307 g/mol. The summed E-state index contributed by atoms with van der Waals surface area (Å²) in [5.41, 5.74) is 7.16. The summed E-state index contributed by atoms with van der Waals surface area (Å²) in [4.78, 5) is 5.32. The minimum absolute atomic E-state index is 0.116. The van der Waals surface area contributed by atoms with Gasteiger partial charge in [-0.05, 0) is 25.1 Å². The Morgan fingerprint density at radius 1 is 1.14 bits per heavy atom. The summed E-state index contributed by atoms with van der Waals surface area (Å²) in [6, 6.07) is 10.3. The number of rotatable bonds is 6. The molecule has 2 rings (SSSR count). The first-order valence-corrected chi connectivity index (χ1v) is 8.01. The Balaban J connectivity index is 1.96. The van der Waals surface area contributed by atoms with E-state index in [-0.39, 0.29) is 12.5 Å². The van der Waals surface area contributed by atoms with Gasteiger partial charge in [0.25, 0.3) is 0 Å². The molecular formula is C16H25N3OS. The molecular weight excluding hydrogens is 282 g/mol. The quantitative estimate of drug-likeness (QED) is 0.770. The van der Waals surface area contributed by atoms with Gasteiger partial charge in [0.05, 0.1) is 11.6 Å². The molecule has 1 atom stereocenters. The molecule has 116 valence electrons. The number of thiocarbonyl (C=S) groups is 1. The van der Waals surface area contributed by atoms with E-state index in [0.717, 1.165) is 45.7 Å². The van der Waals surface area contributed by atoms with E-state index in [9.17, 15) is 0 Å². The molecule has 21 heavy (non-hydrogen) atoms. The maximum Gasteiger partial charge on any atom is 0.0816 e. The molecule has 0 radical (unpaired) electrons. The summed E-state index contributed by atoms with van der Waals surface area (Å²) < 4.78 is 0. The Kier molecular flexibility index (Phi) is 6.57. The van der Waals surface area contributed by atoms with Crippen molar-refractivity contribution in [2.75, 3.05) is 45.9 Å². The molecule has 0 spiro atoms. The van der Waals surface area contributed by atoms with Crippen LogP contribution in [0.2, 0.25) is 0 Å². The smallest absolute Gasteiger partial charge is 0.0816 e. The van der Waals surface area contributed by atoms with Crippen molar-refractivity contribution >= 4 is 17.2 Å². The maximum atomic E-state index is 9.05. The SMILES string of the molecule is NC(=S)C(CN1CCCN(CCO)CC1)c1ccccc1. The van der Waals surface area contributed by atoms with E-state index in [1.807, 2.05) is 18.2 Å². The summed E-state index contributed by atoms with van der Waals surface area (Å²) in [6.07, 6.45) is 1.12. The average molecular weight is 307 g/mol. The van der Waals surface area contributed by atoms with Gasteiger partial charge in [-0.3, -0.25) is 4.90 Å². The highest BCUT2D eigenvalue weighted by molar-refractivity contribution is 7.80. The third-order valence-corrected chi connectivity index (χ3v) is 4.37. The molecule has 3 N–H and O–H groups in total. The van der Waals surface area contributed by atoms with E-state index >= 15 is 0 Å². The van der Waals surface area contributed by atoms with Crippen LogP contribution >= 0.6 is 12.2 Å². The molecule has 0 saturated carbocycles. The fourth-order valence-electron chi connectivity index (χ4n) is 2.88. The van der Waals surface area contributed by atoms with Gasteiger partial charge in [0, 0.05) is 32.1 Å². The number of aliphatic hydroxyl groups excluding tert-OH is 1. The summed E-state index contributed by atoms with van der Waals surface area (Å²) in [6.45, 7) is 6.01. The van der Waals surface area contributed by atoms with E-state index < -0.39 is 0 Å². The van der Waals surface area contributed by atoms with Crippen LogP contribution in [0.4, 0.5) is 0 Å². The molecule has 1 unspecified atom stereocenters. The lowest BCUT2D eigenvalue weighted by Gasteiger charge is -2.26. The van der Waals surface area contributed by atoms with Crippen LogP contribution in [0.5, 0.6) is 0 Å². The molecule has 0 aromatic heterocycles. The molecule has 1 fully saturated rings. The van der Waals surface area contributed by atoms with Crippen LogP contribution in [0.15, 0.2) is 30.3 Å². The summed E-state index contributed by atoms with van der Waals surface area (Å²) in [5, 5.41) is 9.05. The number of aliphatic hydroxyl groups is 1. The highest BCUT2D eigenvalue weighted by atomic mass is 32.1. The van der Waals surface area contributed by atoms with Gasteiger partial charge in [0.1, 0.15) is 0 Å². The third kappa shape index (κ3) is 5.04. The van der Waals surface area contributed by atoms with E-state index in [1.165, 1.54) is 5.56 Å². The standard InChI is InChI=1S/C16H25N3OS/c17-16(21)15(14-5-2-1-3-6-14)13-19-8-4-7-18(9-10-19)11-12-20/h1-3,5-6,15,20H,4,7-13H2,(H2,17,21). The predicted octanol–water partition coefficient (Wildman–Crippen LogP) is 1.06. The lowest BCUT2D eigenvalue weighted by Crippen LogP contribution is -2.37. The topological polar surface area (TPSA) is 52.7 Å². The molecule has 1 aliphatic heterocycles. The molecule has 1 aromatic rings. The van der Waals surface area contributed by atoms with Crippen molar-refractivity contribution in [3.63, 3.8) is 0 Å². The first-order valence-electron chi connectivity index (χ1n) is 7.60. The molecule has 0 aliphatic carbocycles. The van der Waals surface area contributed by atoms with Gasteiger partial charge in [-0.1, -0.05) is 42.5 Å². The number of nitrogens with two attached hydrogens (primary N) is 1. The zero-order valence-electron chi connectivity index (χ0n) is 12.4. The number of nitrogens with zero attached hydrogens (tertiary/aromatic N) is 2. The molecule has 1 aliphatic rings. The average Bonchev–Trinajstić information content (AvgIpc) is 2.71. The van der Waals surface area contributed by atoms with Crippen LogP contribution in [-0.2, 0) is 0 Å². The van der Waals surface area contributed by atoms with Crippen molar-refractivity contribution in [1.82, 2.24) is 9.80 Å². The zero-order valence-corrected chi connectivity index (χ0v) is 13.3. The first kappa shape index (κ1) is 16.4. The van der Waals surface area contributed by atoms with E-state index in [4.69, 9.17) is 23.1 Å². The molecule has 0 bridgehead atoms. The predicted molar refractivity (Wildman–Crippen MR) is 90.6 cm³/mol. The largest absolute Gasteiger partial charge is 0.395 e. The van der Waals surface area contributed by atoms with Crippen LogP contribution < -0.4 is 5.73 Å². The second kappa shape index (κ2) is 8.44. The Labute approximate surface area is 132 Å². The van der Waals surface area contributed by atoms with Gasteiger partial charge in [0.2, 0.25) is 0 Å². The number of β-amino-alcohol motifs (C(OH)–C–C–N with tert-alkyl or cyclic N) is 1. The van der Waals surface area contributed by atoms with Crippen LogP contribution in [0.25, 0.3) is 0 Å². The molecule has 1 heterocycles. The third-order valence-electron chi connectivity index (χ3n) is 4.08. The second-order valence-corrected chi connectivity index (χ2v) is 6.06. The van der Waals surface area contributed by atoms with Gasteiger partial charge >= 0.3 is 0 Å². The zero-order chi connectivity index (χ0) is 15.1. The maximum absolute atomic E-state index is 9.05. The fourth-order valence-corrected chi connectivity index (χ4v) is 3.09. The molecule has 4 nitrogen and oxygen atoms in total. The van der Waals surface area contributed by atoms with Crippen LogP contribution in [0, 0.1) is 0 Å². The van der Waals surface area contributed by atoms with Crippen LogP contribution in [-0.4, -0.2) is 65.8 Å². The molecule has 5 heteroatoms. The Bertz CT molecular complexity index is 440. The number of benzene rings is 1. The Morgan fingerprint density at radius 3 is 2.48 bits per heavy atom. The van der Waals surface area contributed by atoms with Crippen molar-refractivity contribution < 1.29 is 5.11 Å². The van der Waals surface area contributed by atoms with Crippen LogP contribution in [0.3, 0.4) is 0 Å². The Morgan fingerprint density at radius 2 is 1.81 bits per heavy atom. The molecule has 1 saturated heterocycles. The van der Waals surface area contributed by atoms with E-state index in [0.29, 0.717) is 4.99 Å². The lowest BCUT2D eigenvalue weighted by molar-refractivity contribution is 0.196. The fraction of sp³-hybridized carbons (Fsp3) is 0.562. The lowest BCUT2D eigenvalue weighted by atomic mass is 9.98. The van der Waals surface area contributed by atoms with Crippen molar-refractivity contribution in [3.8, 4) is 0 Å². The van der Waals surface area contributed by atoms with Crippen molar-refractivity contribution in [2.45, 2.75) is 12.3 Å². The summed E-state index contributed by atoms with van der Waals surface area (Å²) >= 11 is 5.27. The van der Waals surface area contributed by atoms with Crippen molar-refractivity contribution in [1.29, 1.82) is 0 Å².